The van der Waals surface area contributed by atoms with Gasteiger partial charge >= 0.3 is 0 Å². The molecule has 1 aliphatic rings. The van der Waals surface area contributed by atoms with Gasteiger partial charge in [-0.3, -0.25) is 10.2 Å². The molecule has 2 aromatic carbocycles. The van der Waals surface area contributed by atoms with E-state index < -0.39 is 0 Å². The Morgan fingerprint density at radius 2 is 1.84 bits per heavy atom. The van der Waals surface area contributed by atoms with Gasteiger partial charge in [0.05, 0.1) is 12.4 Å². The van der Waals surface area contributed by atoms with Crippen molar-refractivity contribution < 1.29 is 9.18 Å². The van der Waals surface area contributed by atoms with Crippen molar-refractivity contribution in [1.29, 1.82) is 5.41 Å². The van der Waals surface area contributed by atoms with Crippen molar-refractivity contribution in [1.82, 2.24) is 14.5 Å². The Kier molecular flexibility index (Phi) is 5.70. The van der Waals surface area contributed by atoms with Gasteiger partial charge < -0.3 is 20.5 Å². The first-order valence-corrected chi connectivity index (χ1v) is 10.2. The van der Waals surface area contributed by atoms with E-state index in [1.807, 2.05) is 31.2 Å². The summed E-state index contributed by atoms with van der Waals surface area (Å²) in [5.41, 5.74) is 9.00. The van der Waals surface area contributed by atoms with E-state index in [0.29, 0.717) is 25.3 Å². The number of rotatable bonds is 6. The van der Waals surface area contributed by atoms with E-state index in [1.165, 1.54) is 17.7 Å². The Labute approximate surface area is 180 Å². The van der Waals surface area contributed by atoms with Crippen molar-refractivity contribution in [3.63, 3.8) is 0 Å². The van der Waals surface area contributed by atoms with E-state index >= 15 is 0 Å². The lowest BCUT2D eigenvalue weighted by Crippen LogP contribution is -2.38. The highest BCUT2D eigenvalue weighted by Gasteiger charge is 2.27. The summed E-state index contributed by atoms with van der Waals surface area (Å²) in [6, 6.07) is 14.3. The maximum atomic E-state index is 13.5. The number of fused-ring (bicyclic) bond motifs is 1. The summed E-state index contributed by atoms with van der Waals surface area (Å²) in [6.07, 6.45) is 0.472. The predicted molar refractivity (Wildman–Crippen MR) is 119 cm³/mol. The van der Waals surface area contributed by atoms with Crippen LogP contribution in [0.1, 0.15) is 24.2 Å². The molecule has 0 fully saturated rings. The van der Waals surface area contributed by atoms with Gasteiger partial charge in [-0.2, -0.15) is 0 Å². The molecule has 0 radical (unpaired) electrons. The number of aromatic nitrogens is 2. The SMILES string of the molecule is Cc1ccc(Nc2c(-c3ccc(F)cc3)nc3n2CCN(C(=O)CCC(=N)N)C3)cc1. The van der Waals surface area contributed by atoms with Crippen LogP contribution in [-0.4, -0.2) is 32.7 Å². The van der Waals surface area contributed by atoms with Crippen molar-refractivity contribution in [3.05, 3.63) is 65.7 Å². The first kappa shape index (κ1) is 20.6. The zero-order valence-corrected chi connectivity index (χ0v) is 17.4. The van der Waals surface area contributed by atoms with Crippen molar-refractivity contribution in [2.24, 2.45) is 5.73 Å². The van der Waals surface area contributed by atoms with Gasteiger partial charge in [-0.05, 0) is 43.3 Å². The van der Waals surface area contributed by atoms with Crippen LogP contribution >= 0.6 is 0 Å². The van der Waals surface area contributed by atoms with Crippen molar-refractivity contribution in [3.8, 4) is 11.3 Å². The highest BCUT2D eigenvalue weighted by Crippen LogP contribution is 2.33. The number of nitrogens with zero attached hydrogens (tertiary/aromatic N) is 3. The molecule has 0 saturated heterocycles. The smallest absolute Gasteiger partial charge is 0.223 e. The third-order valence-electron chi connectivity index (χ3n) is 5.37. The molecule has 0 saturated carbocycles. The minimum absolute atomic E-state index is 0.00930. The summed E-state index contributed by atoms with van der Waals surface area (Å²) in [5, 5.41) is 10.8. The molecule has 0 aliphatic carbocycles. The molecule has 0 bridgehead atoms. The summed E-state index contributed by atoms with van der Waals surface area (Å²) in [4.78, 5) is 19.1. The van der Waals surface area contributed by atoms with Crippen LogP contribution in [-0.2, 0) is 17.9 Å². The van der Waals surface area contributed by atoms with Crippen LogP contribution in [0.2, 0.25) is 0 Å². The summed E-state index contributed by atoms with van der Waals surface area (Å²) >= 11 is 0. The fourth-order valence-corrected chi connectivity index (χ4v) is 3.65. The standard InChI is InChI=1S/C23H25FN6O/c1-15-2-8-18(9-3-15)27-23-22(16-4-6-17(24)7-5-16)28-20-14-29(12-13-30(20)23)21(31)11-10-19(25)26/h2-9,27H,10-14H2,1H3,(H3,25,26). The van der Waals surface area contributed by atoms with Crippen LogP contribution in [0.3, 0.4) is 0 Å². The number of nitrogens with two attached hydrogens (primary N) is 1. The fourth-order valence-electron chi connectivity index (χ4n) is 3.65. The van der Waals surface area contributed by atoms with Crippen LogP contribution in [0.5, 0.6) is 0 Å². The number of nitrogens with one attached hydrogen (secondary N) is 2. The first-order chi connectivity index (χ1) is 14.9. The monoisotopic (exact) mass is 420 g/mol. The van der Waals surface area contributed by atoms with Gasteiger partial charge in [-0.25, -0.2) is 9.37 Å². The molecule has 0 atom stereocenters. The summed E-state index contributed by atoms with van der Waals surface area (Å²) < 4.78 is 15.6. The number of amides is 1. The third kappa shape index (κ3) is 4.58. The van der Waals surface area contributed by atoms with Gasteiger partial charge in [-0.15, -0.1) is 0 Å². The van der Waals surface area contributed by atoms with Crippen molar-refractivity contribution in [2.75, 3.05) is 11.9 Å². The van der Waals surface area contributed by atoms with Gasteiger partial charge in [0.1, 0.15) is 23.2 Å². The van der Waals surface area contributed by atoms with Crippen LogP contribution < -0.4 is 11.1 Å². The lowest BCUT2D eigenvalue weighted by Gasteiger charge is -2.28. The maximum absolute atomic E-state index is 13.5. The fraction of sp³-hybridized carbons (Fsp3) is 0.261. The number of amidine groups is 1. The van der Waals surface area contributed by atoms with E-state index in [2.05, 4.69) is 9.88 Å². The average molecular weight is 420 g/mol. The van der Waals surface area contributed by atoms with E-state index in [9.17, 15) is 9.18 Å². The number of halogens is 1. The van der Waals surface area contributed by atoms with E-state index in [0.717, 1.165) is 22.9 Å². The molecule has 0 unspecified atom stereocenters. The van der Waals surface area contributed by atoms with E-state index in [-0.39, 0.29) is 30.4 Å². The molecular weight excluding hydrogens is 395 g/mol. The number of hydrogen-bond donors (Lipinski definition) is 3. The Morgan fingerprint density at radius 3 is 2.52 bits per heavy atom. The molecule has 31 heavy (non-hydrogen) atoms. The first-order valence-electron chi connectivity index (χ1n) is 10.2. The van der Waals surface area contributed by atoms with Crippen molar-refractivity contribution in [2.45, 2.75) is 32.9 Å². The van der Waals surface area contributed by atoms with Gasteiger partial charge in [-0.1, -0.05) is 17.7 Å². The minimum atomic E-state index is -0.303. The largest absolute Gasteiger partial charge is 0.388 e. The molecular formula is C23H25FN6O. The second-order valence-corrected chi connectivity index (χ2v) is 7.72. The van der Waals surface area contributed by atoms with Crippen LogP contribution in [0, 0.1) is 18.2 Å². The number of carbonyl (C=O) groups is 1. The van der Waals surface area contributed by atoms with Gasteiger partial charge in [0, 0.05) is 37.2 Å². The quantitative estimate of drug-likeness (QED) is 0.417. The second kappa shape index (κ2) is 8.59. The number of anilines is 2. The zero-order valence-electron chi connectivity index (χ0n) is 17.4. The topological polar surface area (TPSA) is 100 Å². The highest BCUT2D eigenvalue weighted by molar-refractivity contribution is 5.84. The molecule has 1 amide bonds. The molecule has 2 heterocycles. The number of imidazole rings is 1. The van der Waals surface area contributed by atoms with Gasteiger partial charge in [0.25, 0.3) is 0 Å². The summed E-state index contributed by atoms with van der Waals surface area (Å²) in [6.45, 7) is 3.54. The summed E-state index contributed by atoms with van der Waals surface area (Å²) in [5.74, 6) is 1.25. The maximum Gasteiger partial charge on any atom is 0.223 e. The van der Waals surface area contributed by atoms with Crippen molar-refractivity contribution >= 4 is 23.2 Å². The molecule has 1 aliphatic heterocycles. The van der Waals surface area contributed by atoms with Crippen LogP contribution in [0.15, 0.2) is 48.5 Å². The van der Waals surface area contributed by atoms with Gasteiger partial charge in [0.2, 0.25) is 5.91 Å². The van der Waals surface area contributed by atoms with Crippen LogP contribution in [0.4, 0.5) is 15.9 Å². The minimum Gasteiger partial charge on any atom is -0.388 e. The van der Waals surface area contributed by atoms with E-state index in [1.54, 1.807) is 17.0 Å². The second-order valence-electron chi connectivity index (χ2n) is 7.72. The molecule has 0 spiro atoms. The molecule has 160 valence electrons. The average Bonchev–Trinajstić information content (AvgIpc) is 3.11. The lowest BCUT2D eigenvalue weighted by molar-refractivity contribution is -0.132. The number of hydrogen-bond acceptors (Lipinski definition) is 4. The Balaban J connectivity index is 1.67. The zero-order chi connectivity index (χ0) is 22.0. The van der Waals surface area contributed by atoms with E-state index in [4.69, 9.17) is 16.1 Å². The van der Waals surface area contributed by atoms with Crippen LogP contribution in [0.25, 0.3) is 11.3 Å². The molecule has 7 nitrogen and oxygen atoms in total. The summed E-state index contributed by atoms with van der Waals surface area (Å²) in [7, 11) is 0. The normalized spacial score (nSPS) is 13.0. The molecule has 4 N–H and O–H groups in total. The lowest BCUT2D eigenvalue weighted by atomic mass is 10.1. The van der Waals surface area contributed by atoms with Gasteiger partial charge in [0.15, 0.2) is 0 Å². The predicted octanol–water partition coefficient (Wildman–Crippen LogP) is 3.80. The number of aryl methyl sites for hydroxylation is 1. The third-order valence-corrected chi connectivity index (χ3v) is 5.37. The number of benzene rings is 2. The molecule has 8 heteroatoms. The number of carbonyl (C=O) groups excluding carboxylic acids is 1. The molecule has 1 aromatic heterocycles. The Hall–Kier alpha value is -3.68. The highest BCUT2D eigenvalue weighted by atomic mass is 19.1. The molecule has 3 aromatic rings. The Morgan fingerprint density at radius 1 is 1.13 bits per heavy atom. The molecule has 4 rings (SSSR count). The Bertz CT molecular complexity index is 1100.